The molecule has 0 saturated carbocycles. The van der Waals surface area contributed by atoms with Crippen molar-refractivity contribution in [3.63, 3.8) is 0 Å². The highest BCUT2D eigenvalue weighted by molar-refractivity contribution is 6.10. The van der Waals surface area contributed by atoms with Gasteiger partial charge in [0.2, 0.25) is 17.7 Å². The first kappa shape index (κ1) is 19.3. The van der Waals surface area contributed by atoms with Gasteiger partial charge in [-0.25, -0.2) is 0 Å². The van der Waals surface area contributed by atoms with E-state index in [1.165, 1.54) is 4.90 Å². The summed E-state index contributed by atoms with van der Waals surface area (Å²) < 4.78 is 0. The van der Waals surface area contributed by atoms with E-state index in [0.29, 0.717) is 19.3 Å². The van der Waals surface area contributed by atoms with Crippen LogP contribution in [0.4, 0.5) is 5.69 Å². The SMILES string of the molecule is Cc1ccc(N(C)C(=O)C(CC(C)C)N2C(=O)C3CC=CCC3C2=O)cc1. The molecule has 3 amide bonds. The minimum absolute atomic E-state index is 0.187. The van der Waals surface area contributed by atoms with E-state index >= 15 is 0 Å². The van der Waals surface area contributed by atoms with E-state index in [-0.39, 0.29) is 35.5 Å². The fourth-order valence-corrected chi connectivity index (χ4v) is 4.02. The fraction of sp³-hybridized carbons (Fsp3) is 0.500. The first-order chi connectivity index (χ1) is 12.8. The van der Waals surface area contributed by atoms with Crippen LogP contribution in [0.1, 0.15) is 38.7 Å². The van der Waals surface area contributed by atoms with Gasteiger partial charge in [-0.05, 0) is 44.2 Å². The second-order valence-corrected chi connectivity index (χ2v) is 8.08. The van der Waals surface area contributed by atoms with Crippen LogP contribution in [-0.4, -0.2) is 35.7 Å². The summed E-state index contributed by atoms with van der Waals surface area (Å²) in [5.74, 6) is -1.02. The molecule has 27 heavy (non-hydrogen) atoms. The number of benzene rings is 1. The lowest BCUT2D eigenvalue weighted by atomic mass is 9.85. The number of carbonyl (C=O) groups is 3. The topological polar surface area (TPSA) is 57.7 Å². The molecule has 0 bridgehead atoms. The number of hydrogen-bond acceptors (Lipinski definition) is 3. The van der Waals surface area contributed by atoms with Crippen LogP contribution in [0, 0.1) is 24.7 Å². The Balaban J connectivity index is 1.89. The van der Waals surface area contributed by atoms with Crippen molar-refractivity contribution in [2.75, 3.05) is 11.9 Å². The molecule has 1 aromatic carbocycles. The zero-order valence-electron chi connectivity index (χ0n) is 16.5. The highest BCUT2D eigenvalue weighted by Crippen LogP contribution is 2.37. The first-order valence-corrected chi connectivity index (χ1v) is 9.67. The Morgan fingerprint density at radius 3 is 2.07 bits per heavy atom. The van der Waals surface area contributed by atoms with Gasteiger partial charge in [-0.15, -0.1) is 0 Å². The van der Waals surface area contributed by atoms with Crippen LogP contribution in [0.15, 0.2) is 36.4 Å². The number of likely N-dealkylation sites (N-methyl/N-ethyl adjacent to an activating group) is 1. The van der Waals surface area contributed by atoms with Gasteiger partial charge in [0.15, 0.2) is 0 Å². The van der Waals surface area contributed by atoms with Crippen LogP contribution < -0.4 is 4.90 Å². The molecule has 1 fully saturated rings. The van der Waals surface area contributed by atoms with Crippen LogP contribution in [-0.2, 0) is 14.4 Å². The lowest BCUT2D eigenvalue weighted by Crippen LogP contribution is -2.51. The summed E-state index contributed by atoms with van der Waals surface area (Å²) in [7, 11) is 1.71. The number of likely N-dealkylation sites (tertiary alicyclic amines) is 1. The van der Waals surface area contributed by atoms with E-state index < -0.39 is 6.04 Å². The van der Waals surface area contributed by atoms with Crippen LogP contribution in [0.3, 0.4) is 0 Å². The lowest BCUT2D eigenvalue weighted by Gasteiger charge is -2.31. The number of rotatable bonds is 5. The van der Waals surface area contributed by atoms with E-state index in [0.717, 1.165) is 11.3 Å². The zero-order valence-corrected chi connectivity index (χ0v) is 16.5. The smallest absolute Gasteiger partial charge is 0.250 e. The Morgan fingerprint density at radius 1 is 1.07 bits per heavy atom. The lowest BCUT2D eigenvalue weighted by molar-refractivity contribution is -0.147. The Labute approximate surface area is 161 Å². The molecule has 0 spiro atoms. The number of allylic oxidation sites excluding steroid dienone is 2. The minimum atomic E-state index is -0.748. The second kappa shape index (κ2) is 7.67. The number of fused-ring (bicyclic) bond motifs is 1. The molecule has 0 radical (unpaired) electrons. The average molecular weight is 368 g/mol. The van der Waals surface area contributed by atoms with Gasteiger partial charge in [-0.2, -0.15) is 0 Å². The molecule has 0 aromatic heterocycles. The molecule has 5 heteroatoms. The summed E-state index contributed by atoms with van der Waals surface area (Å²) >= 11 is 0. The van der Waals surface area contributed by atoms with E-state index in [1.807, 2.05) is 57.2 Å². The van der Waals surface area contributed by atoms with Crippen LogP contribution >= 0.6 is 0 Å². The highest BCUT2D eigenvalue weighted by Gasteiger charge is 2.51. The summed E-state index contributed by atoms with van der Waals surface area (Å²) in [4.78, 5) is 42.1. The van der Waals surface area contributed by atoms with Gasteiger partial charge in [0.05, 0.1) is 11.8 Å². The van der Waals surface area contributed by atoms with Crippen LogP contribution in [0.5, 0.6) is 0 Å². The number of carbonyl (C=O) groups excluding carboxylic acids is 3. The van der Waals surface area contributed by atoms with Crippen molar-refractivity contribution in [1.82, 2.24) is 4.90 Å². The number of anilines is 1. The molecule has 1 heterocycles. The predicted molar refractivity (Wildman–Crippen MR) is 105 cm³/mol. The van der Waals surface area contributed by atoms with Gasteiger partial charge in [0, 0.05) is 12.7 Å². The Kier molecular flexibility index (Phi) is 5.49. The monoisotopic (exact) mass is 368 g/mol. The molecule has 144 valence electrons. The van der Waals surface area contributed by atoms with Gasteiger partial charge in [-0.3, -0.25) is 19.3 Å². The van der Waals surface area contributed by atoms with E-state index in [9.17, 15) is 14.4 Å². The first-order valence-electron chi connectivity index (χ1n) is 9.67. The normalized spacial score (nSPS) is 22.9. The van der Waals surface area contributed by atoms with Gasteiger partial charge in [0.1, 0.15) is 6.04 Å². The number of nitrogens with zero attached hydrogens (tertiary/aromatic N) is 2. The molecule has 3 atom stereocenters. The maximum atomic E-state index is 13.3. The van der Waals surface area contributed by atoms with Gasteiger partial charge in [-0.1, -0.05) is 43.7 Å². The molecule has 1 saturated heterocycles. The standard InChI is InChI=1S/C22H28N2O3/c1-14(2)13-19(22(27)23(4)16-11-9-15(3)10-12-16)24-20(25)17-7-5-6-8-18(17)21(24)26/h5-6,9-12,14,17-19H,7-8,13H2,1-4H3. The van der Waals surface area contributed by atoms with E-state index in [1.54, 1.807) is 11.9 Å². The van der Waals surface area contributed by atoms with E-state index in [4.69, 9.17) is 0 Å². The van der Waals surface area contributed by atoms with Crippen molar-refractivity contribution in [1.29, 1.82) is 0 Å². The third-order valence-corrected chi connectivity index (χ3v) is 5.58. The van der Waals surface area contributed by atoms with Crippen molar-refractivity contribution in [2.24, 2.45) is 17.8 Å². The fourth-order valence-electron chi connectivity index (χ4n) is 4.02. The molecule has 1 aliphatic heterocycles. The summed E-state index contributed by atoms with van der Waals surface area (Å²) in [5, 5.41) is 0. The van der Waals surface area contributed by atoms with Gasteiger partial charge >= 0.3 is 0 Å². The minimum Gasteiger partial charge on any atom is -0.314 e. The van der Waals surface area contributed by atoms with Crippen molar-refractivity contribution < 1.29 is 14.4 Å². The highest BCUT2D eigenvalue weighted by atomic mass is 16.2. The third-order valence-electron chi connectivity index (χ3n) is 5.58. The average Bonchev–Trinajstić information content (AvgIpc) is 2.90. The Hall–Kier alpha value is -2.43. The summed E-state index contributed by atoms with van der Waals surface area (Å²) in [6.45, 7) is 6.00. The van der Waals surface area contributed by atoms with E-state index in [2.05, 4.69) is 0 Å². The van der Waals surface area contributed by atoms with Crippen LogP contribution in [0.25, 0.3) is 0 Å². The van der Waals surface area contributed by atoms with Crippen LogP contribution in [0.2, 0.25) is 0 Å². The number of aryl methyl sites for hydroxylation is 1. The Morgan fingerprint density at radius 2 is 1.59 bits per heavy atom. The summed E-state index contributed by atoms with van der Waals surface area (Å²) in [5.41, 5.74) is 1.87. The number of imide groups is 1. The largest absolute Gasteiger partial charge is 0.314 e. The predicted octanol–water partition coefficient (Wildman–Crippen LogP) is 3.32. The maximum absolute atomic E-state index is 13.3. The molecule has 3 rings (SSSR count). The molecule has 1 aromatic rings. The number of hydrogen-bond donors (Lipinski definition) is 0. The van der Waals surface area contributed by atoms with Crippen molar-refractivity contribution in [3.8, 4) is 0 Å². The summed E-state index contributed by atoms with van der Waals surface area (Å²) in [6.07, 6.45) is 5.57. The third kappa shape index (κ3) is 3.68. The van der Waals surface area contributed by atoms with Crippen molar-refractivity contribution in [2.45, 2.75) is 46.1 Å². The number of amides is 3. The molecule has 0 N–H and O–H groups in total. The van der Waals surface area contributed by atoms with Crippen molar-refractivity contribution >= 4 is 23.4 Å². The molecule has 1 aliphatic carbocycles. The molecular formula is C22H28N2O3. The second-order valence-electron chi connectivity index (χ2n) is 8.08. The molecule has 5 nitrogen and oxygen atoms in total. The van der Waals surface area contributed by atoms with Crippen molar-refractivity contribution in [3.05, 3.63) is 42.0 Å². The van der Waals surface area contributed by atoms with Gasteiger partial charge in [0.25, 0.3) is 0 Å². The zero-order chi connectivity index (χ0) is 19.7. The quantitative estimate of drug-likeness (QED) is 0.592. The molecular weight excluding hydrogens is 340 g/mol. The van der Waals surface area contributed by atoms with Gasteiger partial charge < -0.3 is 4.90 Å². The molecule has 3 unspecified atom stereocenters. The molecule has 2 aliphatic rings. The Bertz CT molecular complexity index is 740. The summed E-state index contributed by atoms with van der Waals surface area (Å²) in [6, 6.07) is 6.92. The maximum Gasteiger partial charge on any atom is 0.250 e.